The lowest BCUT2D eigenvalue weighted by Gasteiger charge is -2.34. The fourth-order valence-corrected chi connectivity index (χ4v) is 3.31. The third kappa shape index (κ3) is 5.59. The third-order valence-corrected chi connectivity index (χ3v) is 4.39. The monoisotopic (exact) mass is 306 g/mol. The van der Waals surface area contributed by atoms with Crippen LogP contribution in [0.4, 0.5) is 0 Å². The van der Waals surface area contributed by atoms with Crippen molar-refractivity contribution in [3.63, 3.8) is 0 Å². The van der Waals surface area contributed by atoms with Crippen LogP contribution in [0.25, 0.3) is 0 Å². The summed E-state index contributed by atoms with van der Waals surface area (Å²) in [7, 11) is 3.91. The van der Waals surface area contributed by atoms with Crippen molar-refractivity contribution in [3.05, 3.63) is 29.8 Å². The largest absolute Gasteiger partial charge is 0.497 e. The number of β-amino-alcohol motifs (C(OH)–C–C–N with tert-alkyl or cyclic N) is 1. The second-order valence-electron chi connectivity index (χ2n) is 6.64. The molecule has 124 valence electrons. The van der Waals surface area contributed by atoms with Gasteiger partial charge in [0.15, 0.2) is 0 Å². The van der Waals surface area contributed by atoms with Crippen LogP contribution in [-0.2, 0) is 6.54 Å². The molecule has 1 fully saturated rings. The van der Waals surface area contributed by atoms with E-state index >= 15 is 0 Å². The van der Waals surface area contributed by atoms with Crippen molar-refractivity contribution in [2.45, 2.75) is 32.4 Å². The van der Waals surface area contributed by atoms with Crippen LogP contribution in [0.2, 0.25) is 0 Å². The molecule has 1 saturated heterocycles. The topological polar surface area (TPSA) is 35.9 Å². The molecule has 4 nitrogen and oxygen atoms in total. The minimum Gasteiger partial charge on any atom is -0.497 e. The smallest absolute Gasteiger partial charge is 0.119 e. The van der Waals surface area contributed by atoms with Gasteiger partial charge in [0.1, 0.15) is 5.75 Å². The maximum absolute atomic E-state index is 9.46. The van der Waals surface area contributed by atoms with Crippen molar-refractivity contribution in [3.8, 4) is 5.75 Å². The Morgan fingerprint density at radius 1 is 1.36 bits per heavy atom. The molecule has 1 aromatic carbocycles. The Balaban J connectivity index is 1.74. The van der Waals surface area contributed by atoms with E-state index in [0.717, 1.165) is 44.4 Å². The van der Waals surface area contributed by atoms with Gasteiger partial charge in [-0.15, -0.1) is 0 Å². The van der Waals surface area contributed by atoms with Crippen molar-refractivity contribution >= 4 is 0 Å². The number of ether oxygens (including phenoxy) is 1. The number of aliphatic hydroxyl groups excluding tert-OH is 1. The highest BCUT2D eigenvalue weighted by molar-refractivity contribution is 5.28. The molecule has 22 heavy (non-hydrogen) atoms. The Morgan fingerprint density at radius 3 is 2.73 bits per heavy atom. The van der Waals surface area contributed by atoms with E-state index < -0.39 is 0 Å². The number of hydrogen-bond donors (Lipinski definition) is 1. The summed E-state index contributed by atoms with van der Waals surface area (Å²) in [6.07, 6.45) is 2.25. The number of aliphatic hydroxyl groups is 1. The molecular formula is C18H30N2O2. The van der Waals surface area contributed by atoms with Crippen LogP contribution in [0, 0.1) is 5.92 Å². The van der Waals surface area contributed by atoms with E-state index in [0.29, 0.717) is 0 Å². The molecule has 1 heterocycles. The number of rotatable bonds is 7. The Morgan fingerprint density at radius 2 is 2.09 bits per heavy atom. The number of nitrogens with zero attached hydrogens (tertiary/aromatic N) is 2. The van der Waals surface area contributed by atoms with Crippen molar-refractivity contribution in [1.29, 1.82) is 0 Å². The summed E-state index contributed by atoms with van der Waals surface area (Å²) in [6.45, 7) is 7.01. The summed E-state index contributed by atoms with van der Waals surface area (Å²) in [5, 5.41) is 9.46. The Hall–Kier alpha value is -1.10. The zero-order valence-electron chi connectivity index (χ0n) is 14.2. The van der Waals surface area contributed by atoms with Gasteiger partial charge in [-0.1, -0.05) is 12.1 Å². The van der Waals surface area contributed by atoms with Crippen LogP contribution < -0.4 is 4.74 Å². The molecule has 0 aliphatic carbocycles. The summed E-state index contributed by atoms with van der Waals surface area (Å²) in [5.74, 6) is 1.69. The van der Waals surface area contributed by atoms with Gasteiger partial charge in [-0.05, 0) is 63.5 Å². The lowest BCUT2D eigenvalue weighted by atomic mass is 9.96. The molecule has 0 aromatic heterocycles. The van der Waals surface area contributed by atoms with E-state index in [9.17, 15) is 5.11 Å². The van der Waals surface area contributed by atoms with Crippen molar-refractivity contribution < 1.29 is 9.84 Å². The minimum atomic E-state index is -0.215. The number of methoxy groups -OCH3 is 1. The van der Waals surface area contributed by atoms with Crippen molar-refractivity contribution in [1.82, 2.24) is 9.80 Å². The van der Waals surface area contributed by atoms with Gasteiger partial charge in [0, 0.05) is 19.6 Å². The summed E-state index contributed by atoms with van der Waals surface area (Å²) in [4.78, 5) is 4.78. The van der Waals surface area contributed by atoms with Crippen LogP contribution in [0.3, 0.4) is 0 Å². The van der Waals surface area contributed by atoms with Gasteiger partial charge >= 0.3 is 0 Å². The normalized spacial score (nSPS) is 18.6. The van der Waals surface area contributed by atoms with Gasteiger partial charge in [-0.2, -0.15) is 0 Å². The lowest BCUT2D eigenvalue weighted by molar-refractivity contribution is 0.0919. The fraction of sp³-hybridized carbons (Fsp3) is 0.667. The van der Waals surface area contributed by atoms with Crippen LogP contribution in [-0.4, -0.2) is 61.3 Å². The average molecular weight is 306 g/mol. The molecule has 2 rings (SSSR count). The van der Waals surface area contributed by atoms with Crippen molar-refractivity contribution in [2.75, 3.05) is 40.3 Å². The SMILES string of the molecule is COc1cccc(CN(C)CC2CCN(C[C@H](C)O)CC2)c1. The number of likely N-dealkylation sites (tertiary alicyclic amines) is 1. The maximum atomic E-state index is 9.46. The molecule has 1 atom stereocenters. The van der Waals surface area contributed by atoms with E-state index in [4.69, 9.17) is 4.74 Å². The second-order valence-corrected chi connectivity index (χ2v) is 6.64. The van der Waals surface area contributed by atoms with Gasteiger partial charge in [0.25, 0.3) is 0 Å². The Bertz CT molecular complexity index is 442. The first-order valence-electron chi connectivity index (χ1n) is 8.28. The molecule has 1 aromatic rings. The molecule has 1 aliphatic rings. The predicted octanol–water partition coefficient (Wildman–Crippen LogP) is 2.22. The maximum Gasteiger partial charge on any atom is 0.119 e. The predicted molar refractivity (Wildman–Crippen MR) is 90.2 cm³/mol. The molecular weight excluding hydrogens is 276 g/mol. The molecule has 0 bridgehead atoms. The molecule has 1 N–H and O–H groups in total. The average Bonchev–Trinajstić information content (AvgIpc) is 2.49. The van der Waals surface area contributed by atoms with Gasteiger partial charge in [0.05, 0.1) is 13.2 Å². The summed E-state index contributed by atoms with van der Waals surface area (Å²) in [5.41, 5.74) is 1.30. The van der Waals surface area contributed by atoms with E-state index in [1.807, 2.05) is 13.0 Å². The quantitative estimate of drug-likeness (QED) is 0.838. The zero-order valence-corrected chi connectivity index (χ0v) is 14.2. The van der Waals surface area contributed by atoms with E-state index in [1.165, 1.54) is 18.4 Å². The lowest BCUT2D eigenvalue weighted by Crippen LogP contribution is -2.40. The summed E-state index contributed by atoms with van der Waals surface area (Å²) in [6, 6.07) is 8.31. The van der Waals surface area contributed by atoms with Gasteiger partial charge in [-0.25, -0.2) is 0 Å². The highest BCUT2D eigenvalue weighted by Crippen LogP contribution is 2.20. The molecule has 0 radical (unpaired) electrons. The molecule has 0 unspecified atom stereocenters. The highest BCUT2D eigenvalue weighted by Gasteiger charge is 2.21. The summed E-state index contributed by atoms with van der Waals surface area (Å²) < 4.78 is 5.29. The Kier molecular flexibility index (Phi) is 6.68. The van der Waals surface area contributed by atoms with Gasteiger partial charge < -0.3 is 19.6 Å². The molecule has 1 aliphatic heterocycles. The fourth-order valence-electron chi connectivity index (χ4n) is 3.31. The van der Waals surface area contributed by atoms with Crippen LogP contribution in [0.1, 0.15) is 25.3 Å². The van der Waals surface area contributed by atoms with E-state index in [-0.39, 0.29) is 6.10 Å². The van der Waals surface area contributed by atoms with Crippen molar-refractivity contribution in [2.24, 2.45) is 5.92 Å². The van der Waals surface area contributed by atoms with E-state index in [1.54, 1.807) is 7.11 Å². The first kappa shape index (κ1) is 17.3. The summed E-state index contributed by atoms with van der Waals surface area (Å²) >= 11 is 0. The molecule has 0 amide bonds. The minimum absolute atomic E-state index is 0.215. The highest BCUT2D eigenvalue weighted by atomic mass is 16.5. The van der Waals surface area contributed by atoms with Crippen LogP contribution in [0.5, 0.6) is 5.75 Å². The molecule has 4 heteroatoms. The van der Waals surface area contributed by atoms with Gasteiger partial charge in [-0.3, -0.25) is 0 Å². The first-order chi connectivity index (χ1) is 10.6. The van der Waals surface area contributed by atoms with Gasteiger partial charge in [0.2, 0.25) is 0 Å². The molecule has 0 saturated carbocycles. The van der Waals surface area contributed by atoms with E-state index in [2.05, 4.69) is 35.0 Å². The second kappa shape index (κ2) is 8.51. The Labute approximate surface area is 134 Å². The first-order valence-corrected chi connectivity index (χ1v) is 8.28. The standard InChI is InChI=1S/C18H30N2O2/c1-15(21)12-20-9-7-16(8-10-20)13-19(2)14-17-5-4-6-18(11-17)22-3/h4-6,11,15-16,21H,7-10,12-14H2,1-3H3/t15-/m0/s1. The number of piperidine rings is 1. The number of benzene rings is 1. The van der Waals surface area contributed by atoms with Crippen LogP contribution in [0.15, 0.2) is 24.3 Å². The third-order valence-electron chi connectivity index (χ3n) is 4.39. The van der Waals surface area contributed by atoms with Crippen LogP contribution >= 0.6 is 0 Å². The number of hydrogen-bond acceptors (Lipinski definition) is 4. The molecule has 0 spiro atoms. The zero-order chi connectivity index (χ0) is 15.9.